The Hall–Kier alpha value is -2.41. The zero-order valence-corrected chi connectivity index (χ0v) is 16.0. The third kappa shape index (κ3) is 4.90. The van der Waals surface area contributed by atoms with Crippen LogP contribution < -0.4 is 10.1 Å². The summed E-state index contributed by atoms with van der Waals surface area (Å²) in [5, 5.41) is 2.80. The molecule has 1 fully saturated rings. The minimum Gasteiger partial charge on any atom is -0.497 e. The van der Waals surface area contributed by atoms with E-state index in [2.05, 4.69) is 5.32 Å². The average molecular weight is 393 g/mol. The van der Waals surface area contributed by atoms with Crippen LogP contribution in [0.1, 0.15) is 24.8 Å². The van der Waals surface area contributed by atoms with Crippen LogP contribution in [-0.4, -0.2) is 38.7 Å². The van der Waals surface area contributed by atoms with E-state index in [9.17, 15) is 13.6 Å². The van der Waals surface area contributed by atoms with Gasteiger partial charge < -0.3 is 19.5 Å². The lowest BCUT2D eigenvalue weighted by Gasteiger charge is -2.28. The summed E-state index contributed by atoms with van der Waals surface area (Å²) in [6.07, 6.45) is 2.94. The minimum absolute atomic E-state index is 0.0347. The molecule has 0 saturated carbocycles. The van der Waals surface area contributed by atoms with Crippen LogP contribution in [0.15, 0.2) is 47.7 Å². The summed E-state index contributed by atoms with van der Waals surface area (Å²) in [7, 11) is 2.85. The quantitative estimate of drug-likeness (QED) is 0.733. The summed E-state index contributed by atoms with van der Waals surface area (Å²) < 4.78 is 44.4. The fourth-order valence-electron chi connectivity index (χ4n) is 3.54. The van der Waals surface area contributed by atoms with E-state index < -0.39 is 12.3 Å². The normalized spacial score (nSPS) is 22.1. The molecule has 7 heteroatoms. The van der Waals surface area contributed by atoms with Crippen molar-refractivity contribution in [1.29, 1.82) is 0 Å². The highest BCUT2D eigenvalue weighted by atomic mass is 19.3. The number of methoxy groups -OCH3 is 2. The Balaban J connectivity index is 1.69. The number of halogens is 2. The van der Waals surface area contributed by atoms with Crippen molar-refractivity contribution in [2.45, 2.75) is 37.9 Å². The third-order valence-corrected chi connectivity index (χ3v) is 5.12. The van der Waals surface area contributed by atoms with Crippen LogP contribution in [0.25, 0.3) is 0 Å². The van der Waals surface area contributed by atoms with E-state index in [4.69, 9.17) is 14.2 Å². The molecular weight excluding hydrogens is 368 g/mol. The number of nitrogens with one attached hydrogen (secondary N) is 1. The van der Waals surface area contributed by atoms with Crippen LogP contribution in [0.2, 0.25) is 0 Å². The monoisotopic (exact) mass is 393 g/mol. The fourth-order valence-corrected chi connectivity index (χ4v) is 3.54. The third-order valence-electron chi connectivity index (χ3n) is 5.12. The van der Waals surface area contributed by atoms with E-state index in [-0.39, 0.29) is 23.7 Å². The van der Waals surface area contributed by atoms with E-state index >= 15 is 0 Å². The number of alkyl halides is 2. The van der Waals surface area contributed by atoms with Crippen LogP contribution >= 0.6 is 0 Å². The molecule has 2 aliphatic rings. The first kappa shape index (κ1) is 20.3. The highest BCUT2D eigenvalue weighted by Crippen LogP contribution is 2.38. The number of amides is 1. The van der Waals surface area contributed by atoms with Crippen molar-refractivity contribution >= 4 is 5.91 Å². The Labute approximate surface area is 163 Å². The largest absolute Gasteiger partial charge is 0.497 e. The Kier molecular flexibility index (Phi) is 6.34. The zero-order chi connectivity index (χ0) is 20.1. The van der Waals surface area contributed by atoms with Crippen LogP contribution in [-0.2, 0) is 20.9 Å². The summed E-state index contributed by atoms with van der Waals surface area (Å²) in [5.74, 6) is -2.69. The molecule has 1 aromatic rings. The Bertz CT molecular complexity index is 758. The molecule has 0 spiro atoms. The second-order valence-electron chi connectivity index (χ2n) is 7.11. The summed E-state index contributed by atoms with van der Waals surface area (Å²) >= 11 is 0. The van der Waals surface area contributed by atoms with Gasteiger partial charge in [-0.1, -0.05) is 23.8 Å². The standard InChI is InChI=1S/C21H25F2NO4/c1-26-17-6-3-14(4-7-17)13-28-18(16-10-20(25)24-12-16)9-15-5-8-19(27-2)21(22,23)11-15/h3-8,16,18H,9-13H2,1-2H3,(H,24,25)/t16-,18-/m1/s1. The molecular formula is C21H25F2NO4. The fraction of sp³-hybridized carbons (Fsp3) is 0.476. The first-order chi connectivity index (χ1) is 13.4. The number of allylic oxidation sites excluding steroid dienone is 3. The Morgan fingerprint density at radius 3 is 2.50 bits per heavy atom. The maximum Gasteiger partial charge on any atom is 0.307 e. The van der Waals surface area contributed by atoms with Gasteiger partial charge in [-0.05, 0) is 30.2 Å². The topological polar surface area (TPSA) is 56.8 Å². The molecule has 28 heavy (non-hydrogen) atoms. The van der Waals surface area contributed by atoms with E-state index in [1.54, 1.807) is 13.2 Å². The maximum absolute atomic E-state index is 14.2. The molecule has 1 amide bonds. The molecule has 5 nitrogen and oxygen atoms in total. The maximum atomic E-state index is 14.2. The van der Waals surface area contributed by atoms with E-state index in [1.165, 1.54) is 13.2 Å². The van der Waals surface area contributed by atoms with E-state index in [1.807, 2.05) is 24.3 Å². The average Bonchev–Trinajstić information content (AvgIpc) is 3.11. The molecule has 3 rings (SSSR count). The van der Waals surface area contributed by atoms with Crippen molar-refractivity contribution in [2.75, 3.05) is 20.8 Å². The highest BCUT2D eigenvalue weighted by Gasteiger charge is 2.40. The number of carbonyl (C=O) groups is 1. The molecule has 1 heterocycles. The summed E-state index contributed by atoms with van der Waals surface area (Å²) in [4.78, 5) is 11.6. The second-order valence-corrected chi connectivity index (χ2v) is 7.11. The summed E-state index contributed by atoms with van der Waals surface area (Å²) in [5.41, 5.74) is 1.54. The van der Waals surface area contributed by atoms with Crippen molar-refractivity contribution in [1.82, 2.24) is 5.32 Å². The lowest BCUT2D eigenvalue weighted by Crippen LogP contribution is -2.29. The first-order valence-electron chi connectivity index (χ1n) is 9.24. The van der Waals surface area contributed by atoms with Crippen molar-refractivity contribution in [3.05, 3.63) is 53.3 Å². The van der Waals surface area contributed by atoms with Gasteiger partial charge in [0.05, 0.1) is 26.9 Å². The number of ether oxygens (including phenoxy) is 3. The van der Waals surface area contributed by atoms with Crippen LogP contribution in [0.4, 0.5) is 8.78 Å². The van der Waals surface area contributed by atoms with Crippen LogP contribution in [0.3, 0.4) is 0 Å². The molecule has 0 bridgehead atoms. The molecule has 2 atom stereocenters. The zero-order valence-electron chi connectivity index (χ0n) is 16.0. The SMILES string of the molecule is COC1=CC=C(C[C@@H](OCc2ccc(OC)cc2)[C@H]2CNC(=O)C2)CC1(F)F. The van der Waals surface area contributed by atoms with Gasteiger partial charge in [-0.3, -0.25) is 4.79 Å². The number of rotatable bonds is 8. The number of hydrogen-bond donors (Lipinski definition) is 1. The molecule has 1 saturated heterocycles. The van der Waals surface area contributed by atoms with Crippen molar-refractivity contribution < 1.29 is 27.8 Å². The van der Waals surface area contributed by atoms with Crippen molar-refractivity contribution in [2.24, 2.45) is 5.92 Å². The van der Waals surface area contributed by atoms with Gasteiger partial charge in [0.2, 0.25) is 5.91 Å². The molecule has 1 N–H and O–H groups in total. The smallest absolute Gasteiger partial charge is 0.307 e. The Morgan fingerprint density at radius 1 is 1.18 bits per heavy atom. The predicted octanol–water partition coefficient (Wildman–Crippen LogP) is 3.60. The van der Waals surface area contributed by atoms with Crippen molar-refractivity contribution in [3.8, 4) is 5.75 Å². The van der Waals surface area contributed by atoms with Gasteiger partial charge >= 0.3 is 5.92 Å². The van der Waals surface area contributed by atoms with Crippen molar-refractivity contribution in [3.63, 3.8) is 0 Å². The molecule has 0 unspecified atom stereocenters. The van der Waals surface area contributed by atoms with Gasteiger partial charge in [0, 0.05) is 25.3 Å². The molecule has 1 aliphatic heterocycles. The van der Waals surface area contributed by atoms with E-state index in [0.29, 0.717) is 31.6 Å². The van der Waals surface area contributed by atoms with Gasteiger partial charge in [-0.2, -0.15) is 8.78 Å². The van der Waals surface area contributed by atoms with Gasteiger partial charge in [-0.15, -0.1) is 0 Å². The number of benzene rings is 1. The molecule has 0 radical (unpaired) electrons. The molecule has 1 aromatic carbocycles. The second kappa shape index (κ2) is 8.73. The van der Waals surface area contributed by atoms with Crippen LogP contribution in [0.5, 0.6) is 5.75 Å². The lowest BCUT2D eigenvalue weighted by molar-refractivity contribution is -0.119. The predicted molar refractivity (Wildman–Crippen MR) is 100 cm³/mol. The summed E-state index contributed by atoms with van der Waals surface area (Å²) in [6, 6.07) is 7.48. The number of hydrogen-bond acceptors (Lipinski definition) is 4. The van der Waals surface area contributed by atoms with Crippen LogP contribution in [0, 0.1) is 5.92 Å². The Morgan fingerprint density at radius 2 is 1.93 bits per heavy atom. The highest BCUT2D eigenvalue weighted by molar-refractivity contribution is 5.78. The first-order valence-corrected chi connectivity index (χ1v) is 9.24. The minimum atomic E-state index is -3.02. The van der Waals surface area contributed by atoms with Gasteiger partial charge in [0.25, 0.3) is 0 Å². The molecule has 1 aliphatic carbocycles. The molecule has 152 valence electrons. The summed E-state index contributed by atoms with van der Waals surface area (Å²) in [6.45, 7) is 0.830. The van der Waals surface area contributed by atoms with Gasteiger partial charge in [-0.25, -0.2) is 0 Å². The molecule has 0 aromatic heterocycles. The van der Waals surface area contributed by atoms with Gasteiger partial charge in [0.1, 0.15) is 5.75 Å². The lowest BCUT2D eigenvalue weighted by atomic mass is 9.90. The number of carbonyl (C=O) groups excluding carboxylic acids is 1. The van der Waals surface area contributed by atoms with Gasteiger partial charge in [0.15, 0.2) is 5.76 Å². The van der Waals surface area contributed by atoms with E-state index in [0.717, 1.165) is 11.3 Å².